The summed E-state index contributed by atoms with van der Waals surface area (Å²) in [5.74, 6) is 0. The smallest absolute Gasteiger partial charge is 0.155 e. The molecule has 0 bridgehead atoms. The molecule has 0 aromatic carbocycles. The van der Waals surface area contributed by atoms with Crippen LogP contribution in [-0.4, -0.2) is 42.9 Å². The second-order valence-electron chi connectivity index (χ2n) is 4.76. The molecule has 1 fully saturated rings. The summed E-state index contributed by atoms with van der Waals surface area (Å²) in [5, 5.41) is -0.349. The average Bonchev–Trinajstić information content (AvgIpc) is 2.17. The van der Waals surface area contributed by atoms with Crippen molar-refractivity contribution >= 4 is 9.84 Å². The number of nitrogens with zero attached hydrogens (tertiary/aromatic N) is 1. The third kappa shape index (κ3) is 2.72. The number of hydrogen-bond donors (Lipinski definition) is 0. The molecule has 1 aliphatic heterocycles. The fraction of sp³-hybridized carbons (Fsp3) is 1.00. The highest BCUT2D eigenvalue weighted by molar-refractivity contribution is 7.92. The third-order valence-corrected chi connectivity index (χ3v) is 6.17. The van der Waals surface area contributed by atoms with Crippen molar-refractivity contribution in [3.05, 3.63) is 0 Å². The van der Waals surface area contributed by atoms with Crippen molar-refractivity contribution < 1.29 is 8.42 Å². The lowest BCUT2D eigenvalue weighted by Gasteiger charge is -2.37. The molecule has 1 heterocycles. The van der Waals surface area contributed by atoms with Crippen molar-refractivity contribution in [2.75, 3.05) is 13.1 Å². The number of hydrogen-bond acceptors (Lipinski definition) is 3. The van der Waals surface area contributed by atoms with Gasteiger partial charge >= 0.3 is 0 Å². The number of sulfone groups is 1. The lowest BCUT2D eigenvalue weighted by Crippen LogP contribution is -2.46. The Morgan fingerprint density at radius 2 is 2.00 bits per heavy atom. The minimum absolute atomic E-state index is 0.115. The predicted molar refractivity (Wildman–Crippen MR) is 63.8 cm³/mol. The SMILES string of the molecule is CCN1CCC(S(=O)(=O)C(C)C)CC1C. The van der Waals surface area contributed by atoms with Crippen molar-refractivity contribution in [2.24, 2.45) is 0 Å². The highest BCUT2D eigenvalue weighted by atomic mass is 32.2. The normalized spacial score (nSPS) is 29.7. The summed E-state index contributed by atoms with van der Waals surface area (Å²) in [6, 6.07) is 0.405. The molecule has 0 spiro atoms. The van der Waals surface area contributed by atoms with Gasteiger partial charge in [0.15, 0.2) is 9.84 Å². The van der Waals surface area contributed by atoms with E-state index in [9.17, 15) is 8.42 Å². The molecule has 1 saturated heterocycles. The molecule has 0 saturated carbocycles. The Kier molecular flexibility index (Phi) is 4.18. The second kappa shape index (κ2) is 4.83. The molecule has 15 heavy (non-hydrogen) atoms. The zero-order valence-electron chi connectivity index (χ0n) is 10.2. The molecule has 0 aliphatic carbocycles. The van der Waals surface area contributed by atoms with Gasteiger partial charge in [-0.15, -0.1) is 0 Å². The molecule has 3 nitrogen and oxygen atoms in total. The maximum atomic E-state index is 12.0. The largest absolute Gasteiger partial charge is 0.301 e. The summed E-state index contributed by atoms with van der Waals surface area (Å²) in [5.41, 5.74) is 0. The van der Waals surface area contributed by atoms with Gasteiger partial charge in [-0.3, -0.25) is 0 Å². The van der Waals surface area contributed by atoms with E-state index in [-0.39, 0.29) is 10.5 Å². The summed E-state index contributed by atoms with van der Waals surface area (Å²) in [6.07, 6.45) is 1.60. The van der Waals surface area contributed by atoms with E-state index in [2.05, 4.69) is 18.7 Å². The monoisotopic (exact) mass is 233 g/mol. The van der Waals surface area contributed by atoms with E-state index in [0.29, 0.717) is 6.04 Å². The minimum atomic E-state index is -2.89. The van der Waals surface area contributed by atoms with Gasteiger partial charge in [-0.1, -0.05) is 6.92 Å². The van der Waals surface area contributed by atoms with Gasteiger partial charge in [0.1, 0.15) is 0 Å². The Hall–Kier alpha value is -0.0900. The first kappa shape index (κ1) is 13.0. The molecular weight excluding hydrogens is 210 g/mol. The first-order chi connectivity index (χ1) is 6.89. The zero-order valence-corrected chi connectivity index (χ0v) is 11.0. The lowest BCUT2D eigenvalue weighted by molar-refractivity contribution is 0.171. The maximum Gasteiger partial charge on any atom is 0.155 e. The average molecular weight is 233 g/mol. The zero-order chi connectivity index (χ0) is 11.6. The molecule has 0 aromatic rings. The number of likely N-dealkylation sites (tertiary alicyclic amines) is 1. The quantitative estimate of drug-likeness (QED) is 0.744. The Balaban J connectivity index is 2.70. The predicted octanol–water partition coefficient (Wildman–Crippen LogP) is 1.68. The van der Waals surface area contributed by atoms with Crippen LogP contribution in [0.2, 0.25) is 0 Å². The van der Waals surface area contributed by atoms with Crippen LogP contribution in [0.3, 0.4) is 0 Å². The number of rotatable bonds is 3. The highest BCUT2D eigenvalue weighted by Gasteiger charge is 2.34. The Morgan fingerprint density at radius 3 is 2.40 bits per heavy atom. The number of piperidine rings is 1. The van der Waals surface area contributed by atoms with Crippen LogP contribution in [0, 0.1) is 0 Å². The first-order valence-electron chi connectivity index (χ1n) is 5.86. The summed E-state index contributed by atoms with van der Waals surface area (Å²) in [7, 11) is -2.89. The molecule has 0 N–H and O–H groups in total. The molecular formula is C11H23NO2S. The fourth-order valence-electron chi connectivity index (χ4n) is 2.33. The van der Waals surface area contributed by atoms with Crippen LogP contribution in [0.4, 0.5) is 0 Å². The van der Waals surface area contributed by atoms with Crippen molar-refractivity contribution in [1.82, 2.24) is 4.90 Å². The van der Waals surface area contributed by atoms with Gasteiger partial charge in [0.2, 0.25) is 0 Å². The highest BCUT2D eigenvalue weighted by Crippen LogP contribution is 2.25. The molecule has 1 aliphatic rings. The Morgan fingerprint density at radius 1 is 1.40 bits per heavy atom. The van der Waals surface area contributed by atoms with Crippen LogP contribution in [0.1, 0.15) is 40.5 Å². The Bertz CT molecular complexity index is 298. The van der Waals surface area contributed by atoms with E-state index >= 15 is 0 Å². The van der Waals surface area contributed by atoms with E-state index in [0.717, 1.165) is 25.9 Å². The van der Waals surface area contributed by atoms with Crippen LogP contribution in [0.5, 0.6) is 0 Å². The summed E-state index contributed by atoms with van der Waals surface area (Å²) >= 11 is 0. The molecule has 0 amide bonds. The van der Waals surface area contributed by atoms with Crippen molar-refractivity contribution in [2.45, 2.75) is 57.1 Å². The summed E-state index contributed by atoms with van der Waals surface area (Å²) in [4.78, 5) is 2.35. The van der Waals surface area contributed by atoms with Gasteiger partial charge < -0.3 is 4.90 Å². The second-order valence-corrected chi connectivity index (χ2v) is 7.55. The van der Waals surface area contributed by atoms with Gasteiger partial charge in [0.05, 0.1) is 10.5 Å². The van der Waals surface area contributed by atoms with E-state index in [1.165, 1.54) is 0 Å². The van der Waals surface area contributed by atoms with E-state index in [4.69, 9.17) is 0 Å². The van der Waals surface area contributed by atoms with E-state index < -0.39 is 9.84 Å². The van der Waals surface area contributed by atoms with Crippen LogP contribution < -0.4 is 0 Å². The maximum absolute atomic E-state index is 12.0. The van der Waals surface area contributed by atoms with Gasteiger partial charge in [-0.05, 0) is 46.7 Å². The van der Waals surface area contributed by atoms with Gasteiger partial charge in [-0.25, -0.2) is 8.42 Å². The molecule has 2 unspecified atom stereocenters. The standard InChI is InChI=1S/C11H23NO2S/c1-5-12-7-6-11(8-10(12)4)15(13,14)9(2)3/h9-11H,5-8H2,1-4H3. The van der Waals surface area contributed by atoms with Gasteiger partial charge in [0, 0.05) is 6.04 Å². The van der Waals surface area contributed by atoms with Crippen LogP contribution >= 0.6 is 0 Å². The molecule has 0 aromatic heterocycles. The van der Waals surface area contributed by atoms with Gasteiger partial charge in [-0.2, -0.15) is 0 Å². The topological polar surface area (TPSA) is 37.4 Å². The van der Waals surface area contributed by atoms with Crippen LogP contribution in [0.15, 0.2) is 0 Å². The van der Waals surface area contributed by atoms with Crippen molar-refractivity contribution in [1.29, 1.82) is 0 Å². The third-order valence-electron chi connectivity index (χ3n) is 3.49. The molecule has 0 radical (unpaired) electrons. The van der Waals surface area contributed by atoms with Crippen LogP contribution in [0.25, 0.3) is 0 Å². The van der Waals surface area contributed by atoms with Gasteiger partial charge in [0.25, 0.3) is 0 Å². The minimum Gasteiger partial charge on any atom is -0.301 e. The van der Waals surface area contributed by atoms with E-state index in [1.807, 2.05) is 0 Å². The molecule has 90 valence electrons. The lowest BCUT2D eigenvalue weighted by atomic mass is 10.0. The molecule has 2 atom stereocenters. The fourth-order valence-corrected chi connectivity index (χ4v) is 4.08. The summed E-state index contributed by atoms with van der Waals surface area (Å²) < 4.78 is 24.0. The first-order valence-corrected chi connectivity index (χ1v) is 7.47. The van der Waals surface area contributed by atoms with Crippen LogP contribution in [-0.2, 0) is 9.84 Å². The Labute approximate surface area is 93.8 Å². The summed E-state index contributed by atoms with van der Waals surface area (Å²) in [6.45, 7) is 9.78. The molecule has 4 heteroatoms. The van der Waals surface area contributed by atoms with Crippen molar-refractivity contribution in [3.63, 3.8) is 0 Å². The molecule has 1 rings (SSSR count). The van der Waals surface area contributed by atoms with Crippen molar-refractivity contribution in [3.8, 4) is 0 Å². The van der Waals surface area contributed by atoms with E-state index in [1.54, 1.807) is 13.8 Å².